The van der Waals surface area contributed by atoms with Gasteiger partial charge in [-0.05, 0) is 23.3 Å². The Balaban J connectivity index is 1.40. The van der Waals surface area contributed by atoms with Crippen molar-refractivity contribution in [3.8, 4) is 0 Å². The molecule has 0 aromatic carbocycles. The minimum atomic E-state index is -1.14. The van der Waals surface area contributed by atoms with Crippen LogP contribution < -0.4 is 15.6 Å². The zero-order chi connectivity index (χ0) is 26.0. The first-order valence-electron chi connectivity index (χ1n) is 10.5. The number of rotatable bonds is 9. The minimum absolute atomic E-state index is 0.0210. The fourth-order valence-electron chi connectivity index (χ4n) is 3.82. The zero-order valence-electron chi connectivity index (χ0n) is 18.5. The maximum atomic E-state index is 12.9. The Morgan fingerprint density at radius 3 is 2.58 bits per heavy atom. The van der Waals surface area contributed by atoms with Crippen LogP contribution in [-0.4, -0.2) is 60.7 Å². The third-order valence-electron chi connectivity index (χ3n) is 5.37. The summed E-state index contributed by atoms with van der Waals surface area (Å²) >= 11 is 20.2. The number of β-lactam (4-membered cyclic amide) rings is 1. The number of carboxylic acid groups (broad SMARTS) is 1. The van der Waals surface area contributed by atoms with Crippen LogP contribution in [0, 0.1) is 0 Å². The van der Waals surface area contributed by atoms with Gasteiger partial charge in [-0.25, -0.2) is 9.78 Å². The lowest BCUT2D eigenvalue weighted by molar-refractivity contribution is -0.684. The summed E-state index contributed by atoms with van der Waals surface area (Å²) in [6.07, 6.45) is 3.78. The molecule has 188 valence electrons. The molecule has 4 heterocycles. The number of primary amides is 1. The van der Waals surface area contributed by atoms with Crippen molar-refractivity contribution in [3.05, 3.63) is 63.8 Å². The Morgan fingerprint density at radius 2 is 1.97 bits per heavy atom. The molecule has 9 nitrogen and oxygen atoms in total. The van der Waals surface area contributed by atoms with Gasteiger partial charge in [0, 0.05) is 35.0 Å². The van der Waals surface area contributed by atoms with E-state index in [9.17, 15) is 19.5 Å². The lowest BCUT2D eigenvalue weighted by atomic mass is 10.0. The Morgan fingerprint density at radius 1 is 1.31 bits per heavy atom. The maximum absolute atomic E-state index is 12.9. The largest absolute Gasteiger partial charge is 0.477 e. The maximum Gasteiger partial charge on any atom is 0.352 e. The number of aliphatic carboxylic acids is 1. The van der Waals surface area contributed by atoms with Crippen LogP contribution in [0.25, 0.3) is 0 Å². The van der Waals surface area contributed by atoms with Crippen molar-refractivity contribution in [3.63, 3.8) is 0 Å². The summed E-state index contributed by atoms with van der Waals surface area (Å²) in [4.78, 5) is 42.6. The number of aromatic nitrogens is 2. The van der Waals surface area contributed by atoms with Gasteiger partial charge < -0.3 is 16.2 Å². The standard InChI is InChI=1S/C22H19Cl2N5O4S3/c23-14-5-11(6-15(24)26-14)7-17(34)27-18-20(31)29-19(22(32)33)12(10-36-21(18)29)9-35-13-1-3-28(4-2-13)8-16(25)30/h1-6,18,21H,7-10H2,(H3-,25,27,30,32,33,34)/p+1/t18-,21-/m1/s1. The second-order valence-electron chi connectivity index (χ2n) is 7.97. The first kappa shape index (κ1) is 26.7. The second-order valence-corrected chi connectivity index (χ2v) is 11.4. The number of fused-ring (bicyclic) bond motifs is 1. The van der Waals surface area contributed by atoms with E-state index in [4.69, 9.17) is 41.2 Å². The van der Waals surface area contributed by atoms with Crippen molar-refractivity contribution in [2.24, 2.45) is 5.73 Å². The molecule has 4 rings (SSSR count). The van der Waals surface area contributed by atoms with E-state index in [2.05, 4.69) is 10.3 Å². The molecule has 2 aliphatic rings. The molecule has 2 aliphatic heterocycles. The van der Waals surface area contributed by atoms with Gasteiger partial charge in [0.05, 0.1) is 4.99 Å². The fourth-order valence-corrected chi connectivity index (χ4v) is 6.98. The van der Waals surface area contributed by atoms with Crippen LogP contribution in [0.2, 0.25) is 10.3 Å². The van der Waals surface area contributed by atoms with Crippen LogP contribution >= 0.6 is 58.9 Å². The van der Waals surface area contributed by atoms with Crippen molar-refractivity contribution >= 4 is 81.7 Å². The number of carbonyl (C=O) groups is 3. The number of amides is 2. The van der Waals surface area contributed by atoms with Gasteiger partial charge in [-0.1, -0.05) is 35.4 Å². The summed E-state index contributed by atoms with van der Waals surface area (Å²) < 4.78 is 1.66. The van der Waals surface area contributed by atoms with Crippen molar-refractivity contribution in [1.82, 2.24) is 15.2 Å². The number of thiocarbonyl (C=S) groups is 1. The lowest BCUT2D eigenvalue weighted by Crippen LogP contribution is -2.70. The molecule has 0 spiro atoms. The summed E-state index contributed by atoms with van der Waals surface area (Å²) in [5.41, 5.74) is 6.64. The van der Waals surface area contributed by atoms with Gasteiger partial charge in [-0.15, -0.1) is 23.5 Å². The molecule has 36 heavy (non-hydrogen) atoms. The molecule has 1 saturated heterocycles. The van der Waals surface area contributed by atoms with Crippen molar-refractivity contribution in [2.75, 3.05) is 11.5 Å². The highest BCUT2D eigenvalue weighted by atomic mass is 35.5. The van der Waals surface area contributed by atoms with E-state index in [0.29, 0.717) is 28.5 Å². The quantitative estimate of drug-likeness (QED) is 0.133. The number of carbonyl (C=O) groups excluding carboxylic acids is 2. The van der Waals surface area contributed by atoms with E-state index in [1.807, 2.05) is 12.1 Å². The third-order valence-corrected chi connectivity index (χ3v) is 8.45. The minimum Gasteiger partial charge on any atom is -0.477 e. The SMILES string of the molecule is NC(=O)C[n+]1ccc(SCC2=C(C(=O)O)N3C(=O)[C@@H](NC(=S)Cc4cc(Cl)nc(Cl)c4)[C@H]3SC2)cc1. The Bertz CT molecular complexity index is 1250. The van der Waals surface area contributed by atoms with Gasteiger partial charge >= 0.3 is 5.97 Å². The van der Waals surface area contributed by atoms with Gasteiger partial charge in [0.1, 0.15) is 27.4 Å². The molecule has 2 aromatic heterocycles. The third kappa shape index (κ3) is 6.12. The van der Waals surface area contributed by atoms with Crippen LogP contribution in [0.15, 0.2) is 52.8 Å². The molecule has 0 aliphatic carbocycles. The predicted octanol–water partition coefficient (Wildman–Crippen LogP) is 2.04. The molecular formula is C22H20Cl2N5O4S3+. The van der Waals surface area contributed by atoms with Gasteiger partial charge in [0.25, 0.3) is 11.8 Å². The monoisotopic (exact) mass is 584 g/mol. The van der Waals surface area contributed by atoms with Crippen LogP contribution in [0.1, 0.15) is 5.56 Å². The lowest BCUT2D eigenvalue weighted by Gasteiger charge is -2.49. The van der Waals surface area contributed by atoms with E-state index >= 15 is 0 Å². The van der Waals surface area contributed by atoms with E-state index < -0.39 is 17.9 Å². The number of thioether (sulfide) groups is 2. The Kier molecular flexibility index (Phi) is 8.41. The Hall–Kier alpha value is -2.38. The zero-order valence-corrected chi connectivity index (χ0v) is 22.5. The number of nitrogens with zero attached hydrogens (tertiary/aromatic N) is 3. The highest BCUT2D eigenvalue weighted by Gasteiger charge is 2.53. The van der Waals surface area contributed by atoms with Gasteiger partial charge in [-0.3, -0.25) is 14.5 Å². The van der Waals surface area contributed by atoms with E-state index in [1.165, 1.54) is 28.4 Å². The van der Waals surface area contributed by atoms with Gasteiger partial charge in [-0.2, -0.15) is 4.57 Å². The molecular weight excluding hydrogens is 565 g/mol. The van der Waals surface area contributed by atoms with Crippen molar-refractivity contribution in [2.45, 2.75) is 29.3 Å². The molecule has 1 fully saturated rings. The topological polar surface area (TPSA) is 130 Å². The van der Waals surface area contributed by atoms with Gasteiger partial charge in [0.15, 0.2) is 12.4 Å². The number of carboxylic acids is 1. The van der Waals surface area contributed by atoms with Crippen LogP contribution in [-0.2, 0) is 27.3 Å². The number of pyridine rings is 2. The first-order valence-corrected chi connectivity index (χ1v) is 13.7. The average Bonchev–Trinajstić information content (AvgIpc) is 2.80. The molecule has 2 amide bonds. The van der Waals surface area contributed by atoms with E-state index in [0.717, 1.165) is 10.5 Å². The normalized spacial score (nSPS) is 18.9. The Labute approximate surface area is 230 Å². The first-order chi connectivity index (χ1) is 17.1. The highest BCUT2D eigenvalue weighted by molar-refractivity contribution is 8.01. The van der Waals surface area contributed by atoms with Crippen molar-refractivity contribution < 1.29 is 24.1 Å². The summed E-state index contributed by atoms with van der Waals surface area (Å²) in [6, 6.07) is 6.32. The summed E-state index contributed by atoms with van der Waals surface area (Å²) in [5, 5.41) is 13.1. The average molecular weight is 586 g/mol. The highest BCUT2D eigenvalue weighted by Crippen LogP contribution is 2.41. The number of hydrogen-bond donors (Lipinski definition) is 3. The molecule has 2 aromatic rings. The summed E-state index contributed by atoms with van der Waals surface area (Å²) in [5.74, 6) is -1.04. The van der Waals surface area contributed by atoms with Crippen molar-refractivity contribution in [1.29, 1.82) is 0 Å². The second kappa shape index (κ2) is 11.3. The number of hydrogen-bond acceptors (Lipinski definition) is 7. The summed E-state index contributed by atoms with van der Waals surface area (Å²) in [6.45, 7) is 0.0804. The molecule has 2 atom stereocenters. The number of nitrogens with one attached hydrogen (secondary N) is 1. The molecule has 0 unspecified atom stereocenters. The smallest absolute Gasteiger partial charge is 0.352 e. The molecule has 4 N–H and O–H groups in total. The van der Waals surface area contributed by atoms with Crippen LogP contribution in [0.3, 0.4) is 0 Å². The van der Waals surface area contributed by atoms with Crippen LogP contribution in [0.5, 0.6) is 0 Å². The van der Waals surface area contributed by atoms with E-state index in [-0.39, 0.29) is 33.8 Å². The number of nitrogens with two attached hydrogens (primary N) is 1. The molecule has 0 radical (unpaired) electrons. The number of halogens is 2. The molecule has 0 saturated carbocycles. The van der Waals surface area contributed by atoms with Gasteiger partial charge in [0.2, 0.25) is 6.54 Å². The predicted molar refractivity (Wildman–Crippen MR) is 142 cm³/mol. The molecule has 14 heteroatoms. The molecule has 0 bridgehead atoms. The van der Waals surface area contributed by atoms with Crippen LogP contribution in [0.4, 0.5) is 0 Å². The fraction of sp³-hybridized carbons (Fsp3) is 0.273. The summed E-state index contributed by atoms with van der Waals surface area (Å²) in [7, 11) is 0. The van der Waals surface area contributed by atoms with E-state index in [1.54, 1.807) is 29.1 Å².